The summed E-state index contributed by atoms with van der Waals surface area (Å²) < 4.78 is 0. The van der Waals surface area contributed by atoms with Crippen molar-refractivity contribution in [3.05, 3.63) is 12.2 Å². The van der Waals surface area contributed by atoms with Crippen molar-refractivity contribution in [3.63, 3.8) is 0 Å². The molecule has 0 fully saturated rings. The number of unbranched alkanes of at least 4 members (excludes halogenated alkanes) is 35. The molecule has 0 saturated heterocycles. The molecular formula is C49H97NO4. The molecule has 0 bridgehead atoms. The zero-order chi connectivity index (χ0) is 39.4. The number of hydrogen-bond donors (Lipinski definition) is 4. The van der Waals surface area contributed by atoms with Crippen LogP contribution >= 0.6 is 0 Å². The predicted octanol–water partition coefficient (Wildman–Crippen LogP) is 14.4. The lowest BCUT2D eigenvalue weighted by molar-refractivity contribution is -0.131. The van der Waals surface area contributed by atoms with Gasteiger partial charge in [-0.3, -0.25) is 4.79 Å². The van der Waals surface area contributed by atoms with Gasteiger partial charge in [-0.05, 0) is 38.5 Å². The molecule has 0 aromatic rings. The Morgan fingerprint density at radius 2 is 0.704 bits per heavy atom. The monoisotopic (exact) mass is 764 g/mol. The van der Waals surface area contributed by atoms with Crippen molar-refractivity contribution in [1.29, 1.82) is 0 Å². The Balaban J connectivity index is 3.58. The Morgan fingerprint density at radius 3 is 1.02 bits per heavy atom. The maximum Gasteiger partial charge on any atom is 0.249 e. The summed E-state index contributed by atoms with van der Waals surface area (Å²) in [6.45, 7) is 4.26. The normalized spacial score (nSPS) is 13.5. The molecule has 0 aromatic heterocycles. The highest BCUT2D eigenvalue weighted by molar-refractivity contribution is 5.80. The van der Waals surface area contributed by atoms with E-state index < -0.39 is 24.2 Å². The van der Waals surface area contributed by atoms with Crippen molar-refractivity contribution in [2.75, 3.05) is 6.61 Å². The van der Waals surface area contributed by atoms with Crippen molar-refractivity contribution in [1.82, 2.24) is 5.32 Å². The zero-order valence-corrected chi connectivity index (χ0v) is 36.6. The Bertz CT molecular complexity index is 758. The molecule has 0 spiro atoms. The number of nitrogens with one attached hydrogen (secondary N) is 1. The van der Waals surface area contributed by atoms with E-state index in [4.69, 9.17) is 0 Å². The molecule has 0 aliphatic heterocycles. The first-order valence-corrected chi connectivity index (χ1v) is 24.5. The minimum absolute atomic E-state index is 0.312. The molecule has 5 heteroatoms. The van der Waals surface area contributed by atoms with E-state index in [-0.39, 0.29) is 6.61 Å². The van der Waals surface area contributed by atoms with Crippen LogP contribution < -0.4 is 5.32 Å². The third-order valence-corrected chi connectivity index (χ3v) is 11.6. The second kappa shape index (κ2) is 44.8. The van der Waals surface area contributed by atoms with E-state index in [1.54, 1.807) is 0 Å². The molecule has 322 valence electrons. The number of aliphatic hydroxyl groups is 3. The molecule has 3 unspecified atom stereocenters. The number of hydrogen-bond acceptors (Lipinski definition) is 4. The molecule has 0 aliphatic rings. The Hall–Kier alpha value is -0.910. The molecule has 5 nitrogen and oxygen atoms in total. The maximum absolute atomic E-state index is 12.5. The van der Waals surface area contributed by atoms with E-state index in [0.29, 0.717) is 12.8 Å². The summed E-state index contributed by atoms with van der Waals surface area (Å²) in [6, 6.07) is -0.712. The Labute approximate surface area is 338 Å². The first-order valence-electron chi connectivity index (χ1n) is 24.5. The van der Waals surface area contributed by atoms with Crippen LogP contribution in [0.15, 0.2) is 12.2 Å². The molecule has 0 rings (SSSR count). The SMILES string of the molecule is CCCCCCCCCCCCC/C=C\CCCCCCCCC(O)C(=O)NC(CO)C(O)CCCCCCCCCCCCCCCCCCCCC. The maximum atomic E-state index is 12.5. The van der Waals surface area contributed by atoms with Crippen molar-refractivity contribution in [3.8, 4) is 0 Å². The molecular weight excluding hydrogens is 667 g/mol. The molecule has 1 amide bonds. The van der Waals surface area contributed by atoms with Crippen molar-refractivity contribution < 1.29 is 20.1 Å². The fourth-order valence-corrected chi connectivity index (χ4v) is 7.78. The van der Waals surface area contributed by atoms with E-state index in [0.717, 1.165) is 32.1 Å². The van der Waals surface area contributed by atoms with Gasteiger partial charge in [0.15, 0.2) is 0 Å². The summed E-state index contributed by atoms with van der Waals surface area (Å²) in [4.78, 5) is 12.5. The van der Waals surface area contributed by atoms with E-state index in [2.05, 4.69) is 31.3 Å². The first-order chi connectivity index (χ1) is 26.6. The van der Waals surface area contributed by atoms with Gasteiger partial charge in [-0.1, -0.05) is 244 Å². The molecule has 54 heavy (non-hydrogen) atoms. The number of carbonyl (C=O) groups excluding carboxylic acids is 1. The Morgan fingerprint density at radius 1 is 0.426 bits per heavy atom. The molecule has 0 saturated carbocycles. The van der Waals surface area contributed by atoms with Crippen LogP contribution in [0.5, 0.6) is 0 Å². The summed E-state index contributed by atoms with van der Waals surface area (Å²) in [5.41, 5.74) is 0. The van der Waals surface area contributed by atoms with Crippen LogP contribution in [-0.2, 0) is 4.79 Å². The summed E-state index contributed by atoms with van der Waals surface area (Å²) in [7, 11) is 0. The smallest absolute Gasteiger partial charge is 0.249 e. The van der Waals surface area contributed by atoms with Crippen LogP contribution in [0.4, 0.5) is 0 Å². The average Bonchev–Trinajstić information content (AvgIpc) is 3.18. The van der Waals surface area contributed by atoms with Gasteiger partial charge in [0.2, 0.25) is 5.91 Å². The molecule has 0 aliphatic carbocycles. The standard InChI is InChI=1S/C49H97NO4/c1-3-5-7-9-11-13-15-17-19-21-23-24-26-28-30-32-34-36-38-40-42-44-48(53)49(54)50-46(45-51)47(52)43-41-39-37-35-33-31-29-27-25-22-20-18-16-14-12-10-8-6-4-2/h26,28,46-48,51-53H,3-25,27,29-45H2,1-2H3,(H,50,54)/b28-26-. The second-order valence-corrected chi connectivity index (χ2v) is 17.0. The van der Waals surface area contributed by atoms with Crippen molar-refractivity contribution in [2.24, 2.45) is 0 Å². The highest BCUT2D eigenvalue weighted by Crippen LogP contribution is 2.17. The van der Waals surface area contributed by atoms with E-state index in [1.165, 1.54) is 212 Å². The summed E-state index contributed by atoms with van der Waals surface area (Å²) in [6.07, 6.45) is 53.7. The van der Waals surface area contributed by atoms with Crippen LogP contribution in [0.2, 0.25) is 0 Å². The third kappa shape index (κ3) is 39.3. The highest BCUT2D eigenvalue weighted by atomic mass is 16.3. The Kier molecular flexibility index (Phi) is 44.0. The summed E-state index contributed by atoms with van der Waals surface area (Å²) in [5, 5.41) is 33.4. The topological polar surface area (TPSA) is 89.8 Å². The molecule has 0 heterocycles. The van der Waals surface area contributed by atoms with Gasteiger partial charge in [-0.15, -0.1) is 0 Å². The van der Waals surface area contributed by atoms with Gasteiger partial charge in [0.25, 0.3) is 0 Å². The van der Waals surface area contributed by atoms with E-state index in [1.807, 2.05) is 0 Å². The van der Waals surface area contributed by atoms with Crippen molar-refractivity contribution in [2.45, 2.75) is 289 Å². The van der Waals surface area contributed by atoms with Crippen LogP contribution in [0.3, 0.4) is 0 Å². The second-order valence-electron chi connectivity index (χ2n) is 17.0. The first kappa shape index (κ1) is 53.1. The van der Waals surface area contributed by atoms with Crippen LogP contribution in [0.1, 0.15) is 271 Å². The minimum atomic E-state index is -1.08. The van der Waals surface area contributed by atoms with Gasteiger partial charge < -0.3 is 20.6 Å². The van der Waals surface area contributed by atoms with Crippen LogP contribution in [0, 0.1) is 0 Å². The van der Waals surface area contributed by atoms with Gasteiger partial charge in [0, 0.05) is 0 Å². The summed E-state index contributed by atoms with van der Waals surface area (Å²) >= 11 is 0. The molecule has 4 N–H and O–H groups in total. The van der Waals surface area contributed by atoms with Crippen LogP contribution in [0.25, 0.3) is 0 Å². The lowest BCUT2D eigenvalue weighted by Gasteiger charge is -2.23. The summed E-state index contributed by atoms with van der Waals surface area (Å²) in [5.74, 6) is -0.471. The third-order valence-electron chi connectivity index (χ3n) is 11.6. The van der Waals surface area contributed by atoms with Crippen molar-refractivity contribution >= 4 is 5.91 Å². The zero-order valence-electron chi connectivity index (χ0n) is 36.6. The number of amides is 1. The van der Waals surface area contributed by atoms with Gasteiger partial charge in [0.1, 0.15) is 6.10 Å². The van der Waals surface area contributed by atoms with Gasteiger partial charge >= 0.3 is 0 Å². The van der Waals surface area contributed by atoms with Gasteiger partial charge in [0.05, 0.1) is 18.8 Å². The van der Waals surface area contributed by atoms with E-state index in [9.17, 15) is 20.1 Å². The minimum Gasteiger partial charge on any atom is -0.394 e. The molecule has 3 atom stereocenters. The number of rotatable bonds is 45. The highest BCUT2D eigenvalue weighted by Gasteiger charge is 2.23. The fourth-order valence-electron chi connectivity index (χ4n) is 7.78. The quantitative estimate of drug-likeness (QED) is 0.0367. The fraction of sp³-hybridized carbons (Fsp3) is 0.939. The predicted molar refractivity (Wildman–Crippen MR) is 236 cm³/mol. The molecule has 0 radical (unpaired) electrons. The largest absolute Gasteiger partial charge is 0.394 e. The average molecular weight is 764 g/mol. The van der Waals surface area contributed by atoms with Crippen LogP contribution in [-0.4, -0.2) is 46.1 Å². The lowest BCUT2D eigenvalue weighted by Crippen LogP contribution is -2.49. The van der Waals surface area contributed by atoms with Gasteiger partial charge in [-0.2, -0.15) is 0 Å². The van der Waals surface area contributed by atoms with Gasteiger partial charge in [-0.25, -0.2) is 0 Å². The number of aliphatic hydroxyl groups excluding tert-OH is 3. The number of carbonyl (C=O) groups is 1. The number of allylic oxidation sites excluding steroid dienone is 2. The molecule has 0 aromatic carbocycles. The lowest BCUT2D eigenvalue weighted by atomic mass is 10.0. The van der Waals surface area contributed by atoms with E-state index >= 15 is 0 Å².